The lowest BCUT2D eigenvalue weighted by Crippen LogP contribution is -2.28. The molecule has 0 aliphatic carbocycles. The zero-order chi connectivity index (χ0) is 14.6. The molecule has 2 aromatic carbocycles. The Morgan fingerprint density at radius 3 is 2.35 bits per heavy atom. The average molecular weight is 289 g/mol. The van der Waals surface area contributed by atoms with E-state index in [-0.39, 0.29) is 6.04 Å². The zero-order valence-corrected chi connectivity index (χ0v) is 12.5. The average Bonchev–Trinajstić information content (AvgIpc) is 2.46. The maximum atomic E-state index is 12.4. The van der Waals surface area contributed by atoms with Crippen molar-refractivity contribution >= 4 is 10.0 Å². The Bertz CT molecular complexity index is 666. The van der Waals surface area contributed by atoms with E-state index in [1.807, 2.05) is 50.2 Å². The van der Waals surface area contributed by atoms with Crippen molar-refractivity contribution in [3.05, 3.63) is 65.7 Å². The third-order valence-electron chi connectivity index (χ3n) is 3.21. The maximum Gasteiger partial charge on any atom is 0.241 e. The summed E-state index contributed by atoms with van der Waals surface area (Å²) in [4.78, 5) is 0.312. The number of hydrogen-bond acceptors (Lipinski definition) is 2. The fourth-order valence-corrected chi connectivity index (χ4v) is 3.52. The molecule has 1 unspecified atom stereocenters. The first kappa shape index (κ1) is 14.8. The van der Waals surface area contributed by atoms with Crippen LogP contribution in [0.25, 0.3) is 0 Å². The number of aryl methyl sites for hydroxylation is 1. The van der Waals surface area contributed by atoms with E-state index in [2.05, 4.69) is 4.72 Å². The van der Waals surface area contributed by atoms with Gasteiger partial charge in [-0.2, -0.15) is 0 Å². The van der Waals surface area contributed by atoms with Crippen LogP contribution in [0.4, 0.5) is 0 Å². The topological polar surface area (TPSA) is 46.2 Å². The maximum absolute atomic E-state index is 12.4. The monoisotopic (exact) mass is 289 g/mol. The van der Waals surface area contributed by atoms with E-state index < -0.39 is 10.0 Å². The molecule has 0 fully saturated rings. The van der Waals surface area contributed by atoms with Gasteiger partial charge in [-0.25, -0.2) is 13.1 Å². The van der Waals surface area contributed by atoms with Gasteiger partial charge in [0, 0.05) is 6.04 Å². The molecule has 0 saturated carbocycles. The molecule has 0 radical (unpaired) electrons. The van der Waals surface area contributed by atoms with E-state index in [9.17, 15) is 8.42 Å². The van der Waals surface area contributed by atoms with Crippen molar-refractivity contribution in [1.82, 2.24) is 4.72 Å². The van der Waals surface area contributed by atoms with Crippen LogP contribution >= 0.6 is 0 Å². The standard InChI is InChI=1S/C16H19NO2S/c1-3-16(14-9-5-4-6-10-14)17-20(18,19)15-11-7-8-13(2)12-15/h4-12,16-17H,3H2,1-2H3. The first-order valence-electron chi connectivity index (χ1n) is 6.67. The van der Waals surface area contributed by atoms with Gasteiger partial charge in [0.1, 0.15) is 0 Å². The molecule has 0 aliphatic rings. The summed E-state index contributed by atoms with van der Waals surface area (Å²) in [5, 5.41) is 0. The largest absolute Gasteiger partial charge is 0.241 e. The summed E-state index contributed by atoms with van der Waals surface area (Å²) in [7, 11) is -3.49. The lowest BCUT2D eigenvalue weighted by molar-refractivity contribution is 0.550. The lowest BCUT2D eigenvalue weighted by Gasteiger charge is -2.17. The Morgan fingerprint density at radius 1 is 1.05 bits per heavy atom. The summed E-state index contributed by atoms with van der Waals surface area (Å²) in [5.74, 6) is 0. The molecule has 0 heterocycles. The number of sulfonamides is 1. The Kier molecular flexibility index (Phi) is 4.57. The zero-order valence-electron chi connectivity index (χ0n) is 11.7. The van der Waals surface area contributed by atoms with Crippen LogP contribution in [-0.4, -0.2) is 8.42 Å². The van der Waals surface area contributed by atoms with Crippen LogP contribution in [0.3, 0.4) is 0 Å². The SMILES string of the molecule is CCC(NS(=O)(=O)c1cccc(C)c1)c1ccccc1. The molecule has 2 aromatic rings. The number of nitrogens with one attached hydrogen (secondary N) is 1. The van der Waals surface area contributed by atoms with Crippen LogP contribution in [0.15, 0.2) is 59.5 Å². The molecule has 0 aromatic heterocycles. The van der Waals surface area contributed by atoms with Crippen LogP contribution in [-0.2, 0) is 10.0 Å². The van der Waals surface area contributed by atoms with Gasteiger partial charge in [-0.3, -0.25) is 0 Å². The Morgan fingerprint density at radius 2 is 1.75 bits per heavy atom. The minimum atomic E-state index is -3.49. The Hall–Kier alpha value is -1.65. The van der Waals surface area contributed by atoms with Crippen molar-refractivity contribution in [3.63, 3.8) is 0 Å². The highest BCUT2D eigenvalue weighted by atomic mass is 32.2. The molecule has 106 valence electrons. The van der Waals surface area contributed by atoms with Crippen molar-refractivity contribution in [1.29, 1.82) is 0 Å². The van der Waals surface area contributed by atoms with Gasteiger partial charge in [0.2, 0.25) is 10.0 Å². The van der Waals surface area contributed by atoms with Gasteiger partial charge in [-0.15, -0.1) is 0 Å². The summed E-state index contributed by atoms with van der Waals surface area (Å²) in [5.41, 5.74) is 1.91. The van der Waals surface area contributed by atoms with E-state index >= 15 is 0 Å². The fraction of sp³-hybridized carbons (Fsp3) is 0.250. The number of rotatable bonds is 5. The van der Waals surface area contributed by atoms with Crippen molar-refractivity contribution < 1.29 is 8.42 Å². The normalized spacial score (nSPS) is 13.1. The molecular weight excluding hydrogens is 270 g/mol. The van der Waals surface area contributed by atoms with Crippen LogP contribution < -0.4 is 4.72 Å². The van der Waals surface area contributed by atoms with Gasteiger partial charge in [0.05, 0.1) is 4.90 Å². The van der Waals surface area contributed by atoms with Gasteiger partial charge in [0.15, 0.2) is 0 Å². The molecule has 0 bridgehead atoms. The van der Waals surface area contributed by atoms with E-state index in [0.29, 0.717) is 11.3 Å². The number of hydrogen-bond donors (Lipinski definition) is 1. The smallest absolute Gasteiger partial charge is 0.207 e. The molecule has 0 aliphatic heterocycles. The second kappa shape index (κ2) is 6.20. The molecule has 3 nitrogen and oxygen atoms in total. The van der Waals surface area contributed by atoms with Gasteiger partial charge < -0.3 is 0 Å². The van der Waals surface area contributed by atoms with Crippen molar-refractivity contribution in [3.8, 4) is 0 Å². The van der Waals surface area contributed by atoms with Crippen LogP contribution in [0.5, 0.6) is 0 Å². The highest BCUT2D eigenvalue weighted by Gasteiger charge is 2.20. The summed E-state index contributed by atoms with van der Waals surface area (Å²) in [6.45, 7) is 3.85. The minimum absolute atomic E-state index is 0.207. The Balaban J connectivity index is 2.27. The lowest BCUT2D eigenvalue weighted by atomic mass is 10.1. The fourth-order valence-electron chi connectivity index (χ4n) is 2.11. The van der Waals surface area contributed by atoms with Crippen molar-refractivity contribution in [2.45, 2.75) is 31.2 Å². The first-order chi connectivity index (χ1) is 9.53. The molecule has 2 rings (SSSR count). The van der Waals surface area contributed by atoms with E-state index in [0.717, 1.165) is 11.1 Å². The summed E-state index contributed by atoms with van der Waals surface area (Å²) in [6, 6.07) is 16.4. The van der Waals surface area contributed by atoms with E-state index in [1.165, 1.54) is 0 Å². The van der Waals surface area contributed by atoms with Gasteiger partial charge in [-0.05, 0) is 36.6 Å². The molecule has 0 saturated heterocycles. The third kappa shape index (κ3) is 3.46. The summed E-state index contributed by atoms with van der Waals surface area (Å²) < 4.78 is 27.6. The second-order valence-electron chi connectivity index (χ2n) is 4.81. The summed E-state index contributed by atoms with van der Waals surface area (Å²) in [6.07, 6.45) is 0.703. The van der Waals surface area contributed by atoms with Crippen LogP contribution in [0.1, 0.15) is 30.5 Å². The quantitative estimate of drug-likeness (QED) is 0.916. The van der Waals surface area contributed by atoms with E-state index in [1.54, 1.807) is 18.2 Å². The van der Waals surface area contributed by atoms with Gasteiger partial charge in [-0.1, -0.05) is 49.4 Å². The molecule has 4 heteroatoms. The highest BCUT2D eigenvalue weighted by Crippen LogP contribution is 2.20. The van der Waals surface area contributed by atoms with Crippen LogP contribution in [0.2, 0.25) is 0 Å². The minimum Gasteiger partial charge on any atom is -0.207 e. The molecular formula is C16H19NO2S. The Labute approximate surface area is 120 Å². The van der Waals surface area contributed by atoms with Crippen molar-refractivity contribution in [2.75, 3.05) is 0 Å². The van der Waals surface area contributed by atoms with Gasteiger partial charge in [0.25, 0.3) is 0 Å². The van der Waals surface area contributed by atoms with Crippen LogP contribution in [0, 0.1) is 6.92 Å². The molecule has 1 N–H and O–H groups in total. The second-order valence-corrected chi connectivity index (χ2v) is 6.52. The molecule has 0 amide bonds. The molecule has 1 atom stereocenters. The highest BCUT2D eigenvalue weighted by molar-refractivity contribution is 7.89. The summed E-state index contributed by atoms with van der Waals surface area (Å²) >= 11 is 0. The molecule has 0 spiro atoms. The van der Waals surface area contributed by atoms with Gasteiger partial charge >= 0.3 is 0 Å². The third-order valence-corrected chi connectivity index (χ3v) is 4.68. The molecule has 20 heavy (non-hydrogen) atoms. The predicted octanol–water partition coefficient (Wildman–Crippen LogP) is 3.42. The van der Waals surface area contributed by atoms with Crippen molar-refractivity contribution in [2.24, 2.45) is 0 Å². The number of benzene rings is 2. The first-order valence-corrected chi connectivity index (χ1v) is 8.15. The van der Waals surface area contributed by atoms with E-state index in [4.69, 9.17) is 0 Å². The predicted molar refractivity (Wildman–Crippen MR) is 81.0 cm³/mol.